The number of ether oxygens (including phenoxy) is 2. The molecule has 0 aliphatic rings. The normalized spacial score (nSPS) is 10.8. The summed E-state index contributed by atoms with van der Waals surface area (Å²) >= 11 is 3.43. The molecule has 32 heavy (non-hydrogen) atoms. The number of benzene rings is 3. The Morgan fingerprint density at radius 1 is 0.781 bits per heavy atom. The van der Waals surface area contributed by atoms with Crippen LogP contribution in [0.2, 0.25) is 0 Å². The number of nitrogens with zero attached hydrogens (tertiary/aromatic N) is 3. The van der Waals surface area contributed by atoms with Gasteiger partial charge in [0.2, 0.25) is 5.95 Å². The second-order valence-electron chi connectivity index (χ2n) is 6.82. The van der Waals surface area contributed by atoms with E-state index in [9.17, 15) is 0 Å². The Kier molecular flexibility index (Phi) is 6.77. The molecule has 4 aromatic rings. The van der Waals surface area contributed by atoms with Gasteiger partial charge in [0.15, 0.2) is 11.5 Å². The summed E-state index contributed by atoms with van der Waals surface area (Å²) in [6.07, 6.45) is 1.72. The predicted octanol–water partition coefficient (Wildman–Crippen LogP) is 6.04. The number of nitrogens with one attached hydrogen (secondary N) is 1. The summed E-state index contributed by atoms with van der Waals surface area (Å²) in [5.74, 6) is 1.68. The first-order valence-corrected chi connectivity index (χ1v) is 10.7. The van der Waals surface area contributed by atoms with Gasteiger partial charge in [-0.2, -0.15) is 5.10 Å². The van der Waals surface area contributed by atoms with E-state index in [1.165, 1.54) is 0 Å². The van der Waals surface area contributed by atoms with Crippen LogP contribution in [0.3, 0.4) is 0 Å². The fourth-order valence-electron chi connectivity index (χ4n) is 3.11. The quantitative estimate of drug-likeness (QED) is 0.253. The van der Waals surface area contributed by atoms with Gasteiger partial charge in [0.1, 0.15) is 0 Å². The van der Waals surface area contributed by atoms with Crippen molar-refractivity contribution in [3.8, 4) is 34.0 Å². The number of rotatable bonds is 7. The summed E-state index contributed by atoms with van der Waals surface area (Å²) in [6.45, 7) is 0. The van der Waals surface area contributed by atoms with Crippen molar-refractivity contribution in [2.45, 2.75) is 0 Å². The number of halogens is 1. The summed E-state index contributed by atoms with van der Waals surface area (Å²) in [4.78, 5) is 9.32. The Hall–Kier alpha value is -3.71. The molecule has 1 heterocycles. The number of hydrogen-bond acceptors (Lipinski definition) is 6. The van der Waals surface area contributed by atoms with Crippen LogP contribution in [-0.4, -0.2) is 30.4 Å². The molecule has 7 heteroatoms. The van der Waals surface area contributed by atoms with Crippen molar-refractivity contribution in [1.82, 2.24) is 9.97 Å². The van der Waals surface area contributed by atoms with Crippen molar-refractivity contribution in [1.29, 1.82) is 0 Å². The Morgan fingerprint density at radius 2 is 1.47 bits per heavy atom. The van der Waals surface area contributed by atoms with E-state index < -0.39 is 0 Å². The standard InChI is InChI=1S/C25H21BrN4O2/c1-31-23-13-10-19(14-24(23)32-2)22-15-21(18-6-4-3-5-7-18)28-25(29-22)30-27-16-17-8-11-20(26)12-9-17/h3-16H,1-2H3,(H,28,29,30)/b27-16+. The van der Waals surface area contributed by atoms with Crippen LogP contribution in [0.25, 0.3) is 22.5 Å². The summed E-state index contributed by atoms with van der Waals surface area (Å²) in [6, 6.07) is 25.4. The summed E-state index contributed by atoms with van der Waals surface area (Å²) < 4.78 is 11.8. The van der Waals surface area contributed by atoms with E-state index in [1.807, 2.05) is 78.9 Å². The van der Waals surface area contributed by atoms with Crippen molar-refractivity contribution in [3.63, 3.8) is 0 Å². The monoisotopic (exact) mass is 488 g/mol. The Labute approximate surface area is 195 Å². The molecular weight excluding hydrogens is 468 g/mol. The fourth-order valence-corrected chi connectivity index (χ4v) is 3.38. The topological polar surface area (TPSA) is 68.6 Å². The minimum Gasteiger partial charge on any atom is -0.493 e. The van der Waals surface area contributed by atoms with Crippen LogP contribution in [0.1, 0.15) is 5.56 Å². The molecule has 0 amide bonds. The van der Waals surface area contributed by atoms with E-state index in [2.05, 4.69) is 36.4 Å². The molecular formula is C25H21BrN4O2. The maximum absolute atomic E-state index is 5.45. The van der Waals surface area contributed by atoms with Gasteiger partial charge in [-0.15, -0.1) is 0 Å². The van der Waals surface area contributed by atoms with Crippen molar-refractivity contribution < 1.29 is 9.47 Å². The van der Waals surface area contributed by atoms with Crippen LogP contribution in [-0.2, 0) is 0 Å². The first-order valence-electron chi connectivity index (χ1n) is 9.88. The van der Waals surface area contributed by atoms with Crippen molar-refractivity contribution in [2.24, 2.45) is 5.10 Å². The molecule has 0 spiro atoms. The number of aromatic nitrogens is 2. The Morgan fingerprint density at radius 3 is 2.16 bits per heavy atom. The lowest BCUT2D eigenvalue weighted by atomic mass is 10.1. The smallest absolute Gasteiger partial charge is 0.244 e. The lowest BCUT2D eigenvalue weighted by Crippen LogP contribution is -2.00. The number of anilines is 1. The van der Waals surface area contributed by atoms with Crippen LogP contribution < -0.4 is 14.9 Å². The van der Waals surface area contributed by atoms with Gasteiger partial charge in [0, 0.05) is 15.6 Å². The summed E-state index contributed by atoms with van der Waals surface area (Å²) in [5.41, 5.74) is 7.30. The molecule has 0 saturated heterocycles. The molecule has 0 bridgehead atoms. The molecule has 6 nitrogen and oxygen atoms in total. The number of hydrogen-bond donors (Lipinski definition) is 1. The van der Waals surface area contributed by atoms with E-state index in [4.69, 9.17) is 9.47 Å². The van der Waals surface area contributed by atoms with Crippen molar-refractivity contribution >= 4 is 28.1 Å². The molecule has 0 aliphatic heterocycles. The zero-order valence-corrected chi connectivity index (χ0v) is 19.2. The molecule has 1 N–H and O–H groups in total. The molecule has 4 rings (SSSR count). The van der Waals surface area contributed by atoms with Crippen LogP contribution in [0, 0.1) is 0 Å². The number of hydrazone groups is 1. The second kappa shape index (κ2) is 10.1. The third-order valence-corrected chi connectivity index (χ3v) is 5.25. The summed E-state index contributed by atoms with van der Waals surface area (Å²) in [5, 5.41) is 4.31. The average Bonchev–Trinajstić information content (AvgIpc) is 2.85. The van der Waals surface area contributed by atoms with Crippen LogP contribution in [0.15, 0.2) is 88.4 Å². The van der Waals surface area contributed by atoms with E-state index in [0.717, 1.165) is 32.6 Å². The minimum absolute atomic E-state index is 0.393. The van der Waals surface area contributed by atoms with Gasteiger partial charge in [-0.05, 0) is 42.0 Å². The molecule has 3 aromatic carbocycles. The Balaban J connectivity index is 1.71. The third-order valence-electron chi connectivity index (χ3n) is 4.72. The van der Waals surface area contributed by atoms with Crippen LogP contribution in [0.5, 0.6) is 11.5 Å². The lowest BCUT2D eigenvalue weighted by Gasteiger charge is -2.11. The highest BCUT2D eigenvalue weighted by atomic mass is 79.9. The molecule has 1 aromatic heterocycles. The average molecular weight is 489 g/mol. The maximum Gasteiger partial charge on any atom is 0.244 e. The van der Waals surface area contributed by atoms with Gasteiger partial charge < -0.3 is 9.47 Å². The summed E-state index contributed by atoms with van der Waals surface area (Å²) in [7, 11) is 3.22. The highest BCUT2D eigenvalue weighted by Gasteiger charge is 2.11. The van der Waals surface area contributed by atoms with E-state index in [-0.39, 0.29) is 0 Å². The lowest BCUT2D eigenvalue weighted by molar-refractivity contribution is 0.355. The first kappa shape index (κ1) is 21.5. The largest absolute Gasteiger partial charge is 0.493 e. The highest BCUT2D eigenvalue weighted by Crippen LogP contribution is 2.33. The van der Waals surface area contributed by atoms with E-state index >= 15 is 0 Å². The molecule has 0 fully saturated rings. The van der Waals surface area contributed by atoms with Gasteiger partial charge in [0.25, 0.3) is 0 Å². The first-order chi connectivity index (χ1) is 15.7. The zero-order chi connectivity index (χ0) is 22.3. The third kappa shape index (κ3) is 5.12. The fraction of sp³-hybridized carbons (Fsp3) is 0.0800. The molecule has 160 valence electrons. The molecule has 0 saturated carbocycles. The molecule has 0 unspecified atom stereocenters. The van der Waals surface area contributed by atoms with Gasteiger partial charge in [-0.1, -0.05) is 58.4 Å². The highest BCUT2D eigenvalue weighted by molar-refractivity contribution is 9.10. The van der Waals surface area contributed by atoms with Gasteiger partial charge in [-0.25, -0.2) is 15.4 Å². The van der Waals surface area contributed by atoms with Gasteiger partial charge in [0.05, 0.1) is 31.8 Å². The second-order valence-corrected chi connectivity index (χ2v) is 7.74. The molecule has 0 aliphatic carbocycles. The number of methoxy groups -OCH3 is 2. The maximum atomic E-state index is 5.45. The Bertz CT molecular complexity index is 1230. The van der Waals surface area contributed by atoms with E-state index in [0.29, 0.717) is 17.4 Å². The SMILES string of the molecule is COc1ccc(-c2cc(-c3ccccc3)nc(N/N=C/c3ccc(Br)cc3)n2)cc1OC. The molecule has 0 radical (unpaired) electrons. The van der Waals surface area contributed by atoms with Crippen LogP contribution in [0.4, 0.5) is 5.95 Å². The van der Waals surface area contributed by atoms with Gasteiger partial charge in [-0.3, -0.25) is 0 Å². The van der Waals surface area contributed by atoms with E-state index in [1.54, 1.807) is 20.4 Å². The van der Waals surface area contributed by atoms with Crippen molar-refractivity contribution in [3.05, 3.63) is 88.9 Å². The van der Waals surface area contributed by atoms with Crippen LogP contribution >= 0.6 is 15.9 Å². The van der Waals surface area contributed by atoms with Gasteiger partial charge >= 0.3 is 0 Å². The predicted molar refractivity (Wildman–Crippen MR) is 131 cm³/mol. The molecule has 0 atom stereocenters. The zero-order valence-electron chi connectivity index (χ0n) is 17.6. The van der Waals surface area contributed by atoms with Crippen molar-refractivity contribution in [2.75, 3.05) is 19.6 Å². The minimum atomic E-state index is 0.393.